The summed E-state index contributed by atoms with van der Waals surface area (Å²) >= 11 is 0. The number of aromatic nitrogens is 2. The van der Waals surface area contributed by atoms with Gasteiger partial charge in [0.25, 0.3) is 0 Å². The molecular weight excluding hydrogens is 326 g/mol. The summed E-state index contributed by atoms with van der Waals surface area (Å²) in [6.07, 6.45) is 1.96. The summed E-state index contributed by atoms with van der Waals surface area (Å²) in [6, 6.07) is 4.49. The summed E-state index contributed by atoms with van der Waals surface area (Å²) in [5.41, 5.74) is 5.08. The molecule has 4 rings (SSSR count). The van der Waals surface area contributed by atoms with Gasteiger partial charge in [-0.2, -0.15) is 0 Å². The van der Waals surface area contributed by atoms with Gasteiger partial charge in [0, 0.05) is 37.9 Å². The minimum Gasteiger partial charge on any atom is -0.550 e. The minimum absolute atomic E-state index is 0.695. The molecule has 0 spiro atoms. The van der Waals surface area contributed by atoms with Crippen LogP contribution in [0.15, 0.2) is 24.5 Å². The van der Waals surface area contributed by atoms with Gasteiger partial charge >= 0.3 is 0 Å². The Morgan fingerprint density at radius 2 is 1.64 bits per heavy atom. The Morgan fingerprint density at radius 1 is 1.12 bits per heavy atom. The number of nitrogens with zero attached hydrogens (tertiary/aromatic N) is 2. The number of aliphatic carboxylic acids is 2. The number of piperidine rings is 1. The molecule has 1 aliphatic carbocycles. The molecule has 1 aliphatic heterocycles. The molecule has 0 radical (unpaired) electrons. The van der Waals surface area contributed by atoms with Crippen molar-refractivity contribution in [2.24, 2.45) is 0 Å². The van der Waals surface area contributed by atoms with Gasteiger partial charge in [-0.3, -0.25) is 9.97 Å². The molecular formula is C17H17N3O5-2. The standard InChI is InChI=1S/C13H13N3.C4H6O5/c1-2-16-13-5-11-9-3-8(6-14-7-9)10(11)4-12(13)15-1;5-2(4(8)9)1-3(6)7/h1-2,4-5,8-9,14H,3,6-7H2;2,5H,1H2,(H,6,7)(H,8,9)/p-2. The SMILES string of the molecule is O=C([O-])CC(O)C(=O)[O-].c1cnc2cc3c(cc2n1)C1CNCC3C1. The number of benzene rings is 1. The number of aliphatic hydroxyl groups excluding tert-OH is 1. The van der Waals surface area contributed by atoms with E-state index in [1.165, 1.54) is 17.5 Å². The van der Waals surface area contributed by atoms with Crippen molar-refractivity contribution >= 4 is 23.0 Å². The van der Waals surface area contributed by atoms with Crippen LogP contribution < -0.4 is 15.5 Å². The second-order valence-electron chi connectivity index (χ2n) is 6.22. The van der Waals surface area contributed by atoms with Crippen molar-refractivity contribution in [1.29, 1.82) is 0 Å². The van der Waals surface area contributed by atoms with Crippen LogP contribution in [0.5, 0.6) is 0 Å². The Bertz CT molecular complexity index is 761. The summed E-state index contributed by atoms with van der Waals surface area (Å²) in [5.74, 6) is -2.04. The van der Waals surface area contributed by atoms with Gasteiger partial charge in [0.2, 0.25) is 0 Å². The number of hydrogen-bond acceptors (Lipinski definition) is 8. The highest BCUT2D eigenvalue weighted by molar-refractivity contribution is 5.77. The van der Waals surface area contributed by atoms with E-state index in [0.29, 0.717) is 11.8 Å². The first-order valence-corrected chi connectivity index (χ1v) is 7.99. The van der Waals surface area contributed by atoms with E-state index in [9.17, 15) is 19.8 Å². The highest BCUT2D eigenvalue weighted by atomic mass is 16.4. The van der Waals surface area contributed by atoms with Crippen molar-refractivity contribution in [2.75, 3.05) is 13.1 Å². The second-order valence-corrected chi connectivity index (χ2v) is 6.22. The second kappa shape index (κ2) is 7.12. The van der Waals surface area contributed by atoms with Gasteiger partial charge in [0.05, 0.1) is 23.1 Å². The zero-order chi connectivity index (χ0) is 18.0. The molecule has 8 nitrogen and oxygen atoms in total. The van der Waals surface area contributed by atoms with Crippen molar-refractivity contribution in [3.63, 3.8) is 0 Å². The van der Waals surface area contributed by atoms with E-state index in [1.807, 2.05) is 0 Å². The van der Waals surface area contributed by atoms with E-state index in [1.54, 1.807) is 12.4 Å². The van der Waals surface area contributed by atoms with Gasteiger partial charge in [-0.25, -0.2) is 0 Å². The third-order valence-electron chi connectivity index (χ3n) is 4.54. The zero-order valence-electron chi connectivity index (χ0n) is 13.3. The Hall–Kier alpha value is -2.58. The molecule has 25 heavy (non-hydrogen) atoms. The van der Waals surface area contributed by atoms with Gasteiger partial charge in [-0.15, -0.1) is 0 Å². The van der Waals surface area contributed by atoms with Gasteiger partial charge in [-0.1, -0.05) is 0 Å². The van der Waals surface area contributed by atoms with Crippen LogP contribution in [-0.4, -0.2) is 46.2 Å². The molecule has 1 fully saturated rings. The van der Waals surface area contributed by atoms with Crippen LogP contribution in [-0.2, 0) is 9.59 Å². The van der Waals surface area contributed by atoms with Crippen LogP contribution >= 0.6 is 0 Å². The van der Waals surface area contributed by atoms with Crippen molar-refractivity contribution in [1.82, 2.24) is 15.3 Å². The monoisotopic (exact) mass is 343 g/mol. The molecule has 3 atom stereocenters. The van der Waals surface area contributed by atoms with E-state index < -0.39 is 24.5 Å². The van der Waals surface area contributed by atoms with Crippen LogP contribution in [0.4, 0.5) is 0 Å². The summed E-state index contributed by atoms with van der Waals surface area (Å²) < 4.78 is 0. The summed E-state index contributed by atoms with van der Waals surface area (Å²) in [4.78, 5) is 27.9. The first-order chi connectivity index (χ1) is 12.0. The van der Waals surface area contributed by atoms with Crippen molar-refractivity contribution in [2.45, 2.75) is 30.8 Å². The van der Waals surface area contributed by atoms with Crippen LogP contribution in [0.25, 0.3) is 11.0 Å². The fraction of sp³-hybridized carbons (Fsp3) is 0.412. The molecule has 1 aromatic carbocycles. The van der Waals surface area contributed by atoms with Crippen LogP contribution in [0.2, 0.25) is 0 Å². The lowest BCUT2D eigenvalue weighted by atomic mass is 9.98. The first kappa shape index (κ1) is 17.2. The number of nitrogens with one attached hydrogen (secondary N) is 1. The third-order valence-corrected chi connectivity index (χ3v) is 4.54. The van der Waals surface area contributed by atoms with Crippen molar-refractivity contribution in [3.8, 4) is 0 Å². The predicted molar refractivity (Wildman–Crippen MR) is 83.1 cm³/mol. The van der Waals surface area contributed by atoms with E-state index in [0.717, 1.165) is 24.1 Å². The van der Waals surface area contributed by atoms with Gasteiger partial charge in [0.1, 0.15) is 0 Å². The molecule has 3 unspecified atom stereocenters. The zero-order valence-corrected chi connectivity index (χ0v) is 13.3. The lowest BCUT2D eigenvalue weighted by Crippen LogP contribution is -2.39. The molecule has 2 bridgehead atoms. The van der Waals surface area contributed by atoms with Crippen molar-refractivity contribution < 1.29 is 24.9 Å². The number of aliphatic hydroxyl groups is 1. The largest absolute Gasteiger partial charge is 0.550 e. The maximum Gasteiger partial charge on any atom is 0.0985 e. The maximum absolute atomic E-state index is 9.58. The number of fused-ring (bicyclic) bond motifs is 6. The predicted octanol–water partition coefficient (Wildman–Crippen LogP) is -1.96. The van der Waals surface area contributed by atoms with E-state index in [4.69, 9.17) is 5.11 Å². The molecule has 2 N–H and O–H groups in total. The Kier molecular flexibility index (Phi) is 4.91. The maximum atomic E-state index is 9.58. The average Bonchev–Trinajstić information content (AvgIpc) is 2.83. The molecule has 2 aromatic rings. The number of carbonyl (C=O) groups is 2. The van der Waals surface area contributed by atoms with Crippen LogP contribution in [0.3, 0.4) is 0 Å². The topological polar surface area (TPSA) is 138 Å². The van der Waals surface area contributed by atoms with E-state index >= 15 is 0 Å². The number of carboxylic acids is 2. The molecule has 2 aliphatic rings. The highest BCUT2D eigenvalue weighted by Gasteiger charge is 2.34. The molecule has 1 aromatic heterocycles. The minimum atomic E-state index is -1.96. The summed E-state index contributed by atoms with van der Waals surface area (Å²) in [7, 11) is 0. The van der Waals surface area contributed by atoms with Gasteiger partial charge in [0.15, 0.2) is 0 Å². The van der Waals surface area contributed by atoms with Gasteiger partial charge < -0.3 is 30.2 Å². The summed E-state index contributed by atoms with van der Waals surface area (Å²) in [5, 5.41) is 30.9. The van der Waals surface area contributed by atoms with Crippen molar-refractivity contribution in [3.05, 3.63) is 35.7 Å². The number of carboxylic acid groups (broad SMARTS) is 2. The number of carbonyl (C=O) groups excluding carboxylic acids is 2. The smallest absolute Gasteiger partial charge is 0.0985 e. The molecule has 1 saturated heterocycles. The Labute approximate surface area is 143 Å². The summed E-state index contributed by atoms with van der Waals surface area (Å²) in [6.45, 7) is 2.24. The van der Waals surface area contributed by atoms with E-state index in [-0.39, 0.29) is 0 Å². The highest BCUT2D eigenvalue weighted by Crippen LogP contribution is 2.44. The number of hydrogen-bond donors (Lipinski definition) is 2. The van der Waals surface area contributed by atoms with Crippen LogP contribution in [0, 0.1) is 0 Å². The average molecular weight is 343 g/mol. The lowest BCUT2D eigenvalue weighted by Gasteiger charge is -2.19. The molecule has 8 heteroatoms. The van der Waals surface area contributed by atoms with E-state index in [2.05, 4.69) is 27.4 Å². The fourth-order valence-electron chi connectivity index (χ4n) is 3.41. The molecule has 0 saturated carbocycles. The third kappa shape index (κ3) is 3.75. The lowest BCUT2D eigenvalue weighted by molar-refractivity contribution is -0.323. The molecule has 0 amide bonds. The van der Waals surface area contributed by atoms with Gasteiger partial charge in [-0.05, 0) is 41.5 Å². The fourth-order valence-corrected chi connectivity index (χ4v) is 3.41. The normalized spacial score (nSPS) is 21.8. The molecule has 132 valence electrons. The first-order valence-electron chi connectivity index (χ1n) is 7.99. The van der Waals surface area contributed by atoms with Crippen LogP contribution in [0.1, 0.15) is 35.8 Å². The Balaban J connectivity index is 0.000000176. The Morgan fingerprint density at radius 3 is 2.04 bits per heavy atom. The number of rotatable bonds is 3. The molecule has 2 heterocycles. The quantitative estimate of drug-likeness (QED) is 0.655.